The number of alkyl halides is 6. The molecule has 0 N–H and O–H groups in total. The second-order valence-corrected chi connectivity index (χ2v) is 7.31. The van der Waals surface area contributed by atoms with Crippen molar-refractivity contribution >= 4 is 11.6 Å². The van der Waals surface area contributed by atoms with Crippen LogP contribution in [0.2, 0.25) is 5.02 Å². The van der Waals surface area contributed by atoms with Gasteiger partial charge in [0.1, 0.15) is 0 Å². The van der Waals surface area contributed by atoms with Gasteiger partial charge in [-0.3, -0.25) is 4.90 Å². The maximum Gasteiger partial charge on any atom is 0.416 e. The number of hydrogen-bond donors (Lipinski definition) is 0. The zero-order chi connectivity index (χ0) is 20.5. The van der Waals surface area contributed by atoms with E-state index in [1.807, 2.05) is 4.90 Å². The highest BCUT2D eigenvalue weighted by Crippen LogP contribution is 2.37. The lowest BCUT2D eigenvalue weighted by atomic mass is 9.93. The molecule has 1 saturated heterocycles. The Bertz CT molecular complexity index is 813. The molecule has 0 amide bonds. The summed E-state index contributed by atoms with van der Waals surface area (Å²) < 4.78 is 77.4. The second-order valence-electron chi connectivity index (χ2n) is 6.91. The summed E-state index contributed by atoms with van der Waals surface area (Å²) in [5, 5.41) is 0.241. The van der Waals surface area contributed by atoms with Gasteiger partial charge in [0, 0.05) is 17.6 Å². The Balaban J connectivity index is 1.85. The minimum atomic E-state index is -4.46. The molecule has 2 aromatic carbocycles. The maximum absolute atomic E-state index is 13.0. The van der Waals surface area contributed by atoms with E-state index in [-0.39, 0.29) is 17.6 Å². The first-order valence-corrected chi connectivity index (χ1v) is 9.20. The van der Waals surface area contributed by atoms with Gasteiger partial charge in [0.25, 0.3) is 0 Å². The van der Waals surface area contributed by atoms with Crippen LogP contribution in [0.1, 0.15) is 47.6 Å². The molecule has 0 radical (unpaired) electrons. The number of hydrogen-bond acceptors (Lipinski definition) is 1. The van der Waals surface area contributed by atoms with E-state index >= 15 is 0 Å². The van der Waals surface area contributed by atoms with Gasteiger partial charge in [0.2, 0.25) is 0 Å². The van der Waals surface area contributed by atoms with Gasteiger partial charge in [-0.1, -0.05) is 30.2 Å². The van der Waals surface area contributed by atoms with E-state index in [0.29, 0.717) is 12.1 Å². The Kier molecular flexibility index (Phi) is 5.96. The summed E-state index contributed by atoms with van der Waals surface area (Å²) in [7, 11) is 0. The van der Waals surface area contributed by atoms with E-state index in [2.05, 4.69) is 0 Å². The van der Waals surface area contributed by atoms with Crippen molar-refractivity contribution in [3.63, 3.8) is 0 Å². The minimum absolute atomic E-state index is 0.165. The first kappa shape index (κ1) is 21.0. The average molecular weight is 422 g/mol. The topological polar surface area (TPSA) is 3.24 Å². The summed E-state index contributed by atoms with van der Waals surface area (Å²) in [6.45, 7) is 0.840. The smallest absolute Gasteiger partial charge is 0.292 e. The highest BCUT2D eigenvalue weighted by molar-refractivity contribution is 6.31. The fourth-order valence-corrected chi connectivity index (χ4v) is 3.72. The summed E-state index contributed by atoms with van der Waals surface area (Å²) in [5.74, 6) is 0. The Morgan fingerprint density at radius 1 is 0.857 bits per heavy atom. The van der Waals surface area contributed by atoms with Gasteiger partial charge in [-0.2, -0.15) is 26.3 Å². The van der Waals surface area contributed by atoms with Crippen LogP contribution in [0.4, 0.5) is 26.3 Å². The van der Waals surface area contributed by atoms with Crippen molar-refractivity contribution in [2.75, 3.05) is 6.54 Å². The minimum Gasteiger partial charge on any atom is -0.292 e. The molecule has 0 bridgehead atoms. The molecule has 1 aliphatic heterocycles. The van der Waals surface area contributed by atoms with Gasteiger partial charge in [-0.05, 0) is 60.8 Å². The molecule has 1 nitrogen and oxygen atoms in total. The molecule has 1 fully saturated rings. The number of nitrogens with zero attached hydrogens (tertiary/aromatic N) is 1. The molecular weight excluding hydrogens is 404 g/mol. The van der Waals surface area contributed by atoms with Crippen molar-refractivity contribution in [2.45, 2.75) is 44.2 Å². The zero-order valence-corrected chi connectivity index (χ0v) is 15.5. The lowest BCUT2D eigenvalue weighted by molar-refractivity contribution is -0.138. The molecule has 0 saturated carbocycles. The van der Waals surface area contributed by atoms with Crippen molar-refractivity contribution in [2.24, 2.45) is 0 Å². The van der Waals surface area contributed by atoms with Crippen LogP contribution in [0, 0.1) is 0 Å². The largest absolute Gasteiger partial charge is 0.416 e. The molecule has 8 heteroatoms. The Labute approximate surface area is 163 Å². The second kappa shape index (κ2) is 7.95. The van der Waals surface area contributed by atoms with E-state index < -0.39 is 23.5 Å². The van der Waals surface area contributed by atoms with Gasteiger partial charge in [0.15, 0.2) is 0 Å². The highest BCUT2D eigenvalue weighted by Gasteiger charge is 2.33. The lowest BCUT2D eigenvalue weighted by Gasteiger charge is -2.36. The fraction of sp³-hybridized carbons (Fsp3) is 0.400. The molecule has 152 valence electrons. The molecule has 1 unspecified atom stereocenters. The number of piperidine rings is 1. The van der Waals surface area contributed by atoms with Gasteiger partial charge in [0.05, 0.1) is 11.1 Å². The zero-order valence-electron chi connectivity index (χ0n) is 14.7. The molecule has 1 heterocycles. The van der Waals surface area contributed by atoms with Crippen LogP contribution < -0.4 is 0 Å². The molecule has 0 aromatic heterocycles. The van der Waals surface area contributed by atoms with Gasteiger partial charge >= 0.3 is 12.4 Å². The van der Waals surface area contributed by atoms with Crippen molar-refractivity contribution in [3.8, 4) is 0 Å². The van der Waals surface area contributed by atoms with Gasteiger partial charge in [-0.25, -0.2) is 0 Å². The van der Waals surface area contributed by atoms with E-state index in [4.69, 9.17) is 11.6 Å². The normalized spacial score (nSPS) is 19.0. The van der Waals surface area contributed by atoms with Gasteiger partial charge in [-0.15, -0.1) is 0 Å². The number of halogens is 7. The van der Waals surface area contributed by atoms with Crippen LogP contribution in [0.5, 0.6) is 0 Å². The average Bonchev–Trinajstić information content (AvgIpc) is 2.62. The van der Waals surface area contributed by atoms with Crippen molar-refractivity contribution in [1.82, 2.24) is 4.90 Å². The van der Waals surface area contributed by atoms with E-state index in [1.165, 1.54) is 18.2 Å². The van der Waals surface area contributed by atoms with E-state index in [1.54, 1.807) is 0 Å². The van der Waals surface area contributed by atoms with Crippen molar-refractivity contribution in [1.29, 1.82) is 0 Å². The summed E-state index contributed by atoms with van der Waals surface area (Å²) >= 11 is 6.11. The van der Waals surface area contributed by atoms with Crippen LogP contribution in [0.25, 0.3) is 0 Å². The summed E-state index contributed by atoms with van der Waals surface area (Å²) in [6, 6.07) is 8.02. The summed E-state index contributed by atoms with van der Waals surface area (Å²) in [6.07, 6.45) is -6.38. The van der Waals surface area contributed by atoms with Crippen LogP contribution >= 0.6 is 11.6 Å². The monoisotopic (exact) mass is 421 g/mol. The lowest BCUT2D eigenvalue weighted by Crippen LogP contribution is -2.33. The van der Waals surface area contributed by atoms with Crippen molar-refractivity contribution < 1.29 is 26.3 Å². The van der Waals surface area contributed by atoms with Gasteiger partial charge < -0.3 is 0 Å². The predicted molar refractivity (Wildman–Crippen MR) is 94.9 cm³/mol. The van der Waals surface area contributed by atoms with E-state index in [0.717, 1.165) is 49.1 Å². The van der Waals surface area contributed by atoms with Crippen molar-refractivity contribution in [3.05, 3.63) is 69.7 Å². The molecule has 1 atom stereocenters. The highest BCUT2D eigenvalue weighted by atomic mass is 35.5. The molecule has 3 rings (SSSR count). The van der Waals surface area contributed by atoms with Crippen LogP contribution in [-0.4, -0.2) is 11.4 Å². The number of likely N-dealkylation sites (tertiary alicyclic amines) is 1. The Morgan fingerprint density at radius 3 is 2.07 bits per heavy atom. The fourth-order valence-electron chi connectivity index (χ4n) is 3.54. The Morgan fingerprint density at radius 2 is 1.46 bits per heavy atom. The third-order valence-corrected chi connectivity index (χ3v) is 5.35. The molecule has 0 spiro atoms. The number of rotatable bonds is 3. The quantitative estimate of drug-likeness (QED) is 0.477. The van der Waals surface area contributed by atoms with E-state index in [9.17, 15) is 26.3 Å². The number of benzene rings is 2. The van der Waals surface area contributed by atoms with Crippen LogP contribution in [0.3, 0.4) is 0 Å². The third kappa shape index (κ3) is 4.81. The summed E-state index contributed by atoms with van der Waals surface area (Å²) in [5.41, 5.74) is -0.416. The molecule has 1 aliphatic rings. The molecular formula is C20H18ClF6N. The molecule has 28 heavy (non-hydrogen) atoms. The molecule has 0 aliphatic carbocycles. The first-order chi connectivity index (χ1) is 13.1. The predicted octanol–water partition coefficient (Wildman–Crippen LogP) is 7.10. The summed E-state index contributed by atoms with van der Waals surface area (Å²) in [4.78, 5) is 1.98. The van der Waals surface area contributed by atoms with Crippen LogP contribution in [0.15, 0.2) is 42.5 Å². The molecule has 2 aromatic rings. The first-order valence-electron chi connectivity index (χ1n) is 8.82. The van der Waals surface area contributed by atoms with Crippen LogP contribution in [-0.2, 0) is 18.9 Å². The maximum atomic E-state index is 13.0. The SMILES string of the molecule is FC(F)(F)c1ccc(C2CCCCN2Cc2cc(C(F)(F)F)ccc2Cl)cc1. The standard InChI is InChI=1S/C20H18ClF6N/c21-17-9-8-16(20(25,26)27)11-14(17)12-28-10-2-1-3-18(28)13-4-6-15(7-5-13)19(22,23)24/h4-9,11,18H,1-3,10,12H2. The Hall–Kier alpha value is -1.73. The third-order valence-electron chi connectivity index (χ3n) is 4.98.